The van der Waals surface area contributed by atoms with E-state index in [1.807, 2.05) is 53.7 Å². The zero-order chi connectivity index (χ0) is 20.4. The second-order valence-electron chi connectivity index (χ2n) is 6.13. The molecule has 2 heterocycles. The maximum Gasteiger partial charge on any atom is 0.125 e. The highest BCUT2D eigenvalue weighted by Crippen LogP contribution is 2.21. The molecule has 0 atom stereocenters. The fraction of sp³-hybridized carbons (Fsp3) is 0.478. The summed E-state index contributed by atoms with van der Waals surface area (Å²) in [5.41, 5.74) is 7.07. The van der Waals surface area contributed by atoms with Crippen molar-refractivity contribution in [3.8, 4) is 0 Å². The Bertz CT molecular complexity index is 856. The summed E-state index contributed by atoms with van der Waals surface area (Å²) in [6, 6.07) is 8.14. The van der Waals surface area contributed by atoms with Gasteiger partial charge in [-0.3, -0.25) is 0 Å². The number of aromatic nitrogens is 4. The van der Waals surface area contributed by atoms with Crippen molar-refractivity contribution >= 4 is 10.9 Å². The Hall–Kier alpha value is -2.36. The van der Waals surface area contributed by atoms with Gasteiger partial charge in [0.1, 0.15) is 5.82 Å². The van der Waals surface area contributed by atoms with Crippen LogP contribution in [0.25, 0.3) is 10.9 Å². The number of fused-ring (bicyclic) bond motifs is 2. The van der Waals surface area contributed by atoms with Gasteiger partial charge in [-0.15, -0.1) is 0 Å². The maximum atomic E-state index is 4.40. The first-order chi connectivity index (χ1) is 13.0. The molecule has 4 heteroatoms. The molecule has 3 aromatic rings. The Labute approximate surface area is 164 Å². The van der Waals surface area contributed by atoms with Gasteiger partial charge in [0.25, 0.3) is 0 Å². The van der Waals surface area contributed by atoms with Gasteiger partial charge in [0.15, 0.2) is 0 Å². The predicted octanol–water partition coefficient (Wildman–Crippen LogP) is 5.88. The molecule has 0 amide bonds. The molecule has 0 fully saturated rings. The van der Waals surface area contributed by atoms with Crippen LogP contribution in [0.15, 0.2) is 24.3 Å². The van der Waals surface area contributed by atoms with Crippen molar-refractivity contribution in [2.24, 2.45) is 0 Å². The van der Waals surface area contributed by atoms with Crippen LogP contribution in [0.4, 0.5) is 0 Å². The smallest absolute Gasteiger partial charge is 0.125 e. The van der Waals surface area contributed by atoms with Crippen LogP contribution >= 0.6 is 0 Å². The van der Waals surface area contributed by atoms with Crippen LogP contribution in [0, 0.1) is 27.7 Å². The van der Waals surface area contributed by atoms with Crippen LogP contribution in [-0.2, 0) is 12.8 Å². The van der Waals surface area contributed by atoms with Crippen LogP contribution in [0.1, 0.15) is 68.1 Å². The zero-order valence-corrected chi connectivity index (χ0v) is 18.2. The van der Waals surface area contributed by atoms with Crippen LogP contribution < -0.4 is 0 Å². The van der Waals surface area contributed by atoms with Crippen molar-refractivity contribution in [3.63, 3.8) is 0 Å². The largest absolute Gasteiger partial charge is 0.238 e. The molecule has 1 aromatic carbocycles. The molecule has 27 heavy (non-hydrogen) atoms. The first-order valence-electron chi connectivity index (χ1n) is 10.1. The van der Waals surface area contributed by atoms with Gasteiger partial charge >= 0.3 is 0 Å². The van der Waals surface area contributed by atoms with Crippen molar-refractivity contribution in [3.05, 3.63) is 58.3 Å². The molecular formula is C23H34N4. The van der Waals surface area contributed by atoms with E-state index in [0.717, 1.165) is 23.5 Å². The minimum absolute atomic E-state index is 0.920. The van der Waals surface area contributed by atoms with E-state index in [0.29, 0.717) is 0 Å². The Morgan fingerprint density at radius 2 is 1.52 bits per heavy atom. The summed E-state index contributed by atoms with van der Waals surface area (Å²) in [6.07, 6.45) is 3.59. The number of aryl methyl sites for hydroxylation is 5. The van der Waals surface area contributed by atoms with E-state index in [2.05, 4.69) is 46.1 Å². The van der Waals surface area contributed by atoms with Crippen LogP contribution in [0.3, 0.4) is 0 Å². The number of hydrogen-bond donors (Lipinski definition) is 0. The Morgan fingerprint density at radius 1 is 0.815 bits per heavy atom. The van der Waals surface area contributed by atoms with Gasteiger partial charge < -0.3 is 0 Å². The molecule has 1 aliphatic carbocycles. The average molecular weight is 367 g/mol. The first kappa shape index (κ1) is 22.7. The summed E-state index contributed by atoms with van der Waals surface area (Å²) in [4.78, 5) is 8.74. The molecule has 0 spiro atoms. The normalized spacial score (nSPS) is 11.3. The fourth-order valence-corrected chi connectivity index (χ4v) is 3.08. The molecule has 0 bridgehead atoms. The third-order valence-corrected chi connectivity index (χ3v) is 4.22. The van der Waals surface area contributed by atoms with Crippen LogP contribution in [0.5, 0.6) is 0 Å². The second-order valence-corrected chi connectivity index (χ2v) is 6.13. The van der Waals surface area contributed by atoms with E-state index in [1.165, 1.54) is 40.7 Å². The zero-order valence-electron chi connectivity index (χ0n) is 18.2. The average Bonchev–Trinajstić information content (AvgIpc) is 3.15. The van der Waals surface area contributed by atoms with E-state index in [1.54, 1.807) is 0 Å². The number of benzene rings is 1. The lowest BCUT2D eigenvalue weighted by Crippen LogP contribution is -1.98. The van der Waals surface area contributed by atoms with E-state index < -0.39 is 0 Å². The summed E-state index contributed by atoms with van der Waals surface area (Å²) >= 11 is 0. The van der Waals surface area contributed by atoms with Gasteiger partial charge in [0.05, 0.1) is 11.2 Å². The molecule has 0 radical (unpaired) electrons. The molecule has 4 rings (SSSR count). The standard InChI is InChI=1S/C10H10N2.C9H12N2.2C2H6/c1-7-4-3-5-10-9(7)6-8(2)11-12-10;1-6-8-4-3-5-9(8)11-7(2)10-6;2*1-2/h3-6H,1-2H3;3-5H2,1-2H3;2*1-2H3. The Balaban J connectivity index is 0.000000229. The number of rotatable bonds is 0. The number of hydrogen-bond acceptors (Lipinski definition) is 4. The van der Waals surface area contributed by atoms with Gasteiger partial charge in [-0.1, -0.05) is 39.8 Å². The monoisotopic (exact) mass is 366 g/mol. The SMILES string of the molecule is CC.CC.Cc1cc2c(C)cccc2nn1.Cc1nc(C)c2c(n1)CCC2. The van der Waals surface area contributed by atoms with Gasteiger partial charge in [-0.05, 0) is 70.2 Å². The summed E-state index contributed by atoms with van der Waals surface area (Å²) < 4.78 is 0. The van der Waals surface area contributed by atoms with Gasteiger partial charge in [-0.25, -0.2) is 9.97 Å². The third-order valence-electron chi connectivity index (χ3n) is 4.22. The molecular weight excluding hydrogens is 332 g/mol. The molecule has 0 saturated heterocycles. The van der Waals surface area contributed by atoms with E-state index in [-0.39, 0.29) is 0 Å². The van der Waals surface area contributed by atoms with Crippen molar-refractivity contribution in [1.82, 2.24) is 20.2 Å². The topological polar surface area (TPSA) is 51.6 Å². The van der Waals surface area contributed by atoms with Crippen LogP contribution in [0.2, 0.25) is 0 Å². The number of nitrogens with zero attached hydrogens (tertiary/aromatic N) is 4. The quantitative estimate of drug-likeness (QED) is 0.498. The summed E-state index contributed by atoms with van der Waals surface area (Å²) in [6.45, 7) is 16.1. The van der Waals surface area contributed by atoms with Gasteiger partial charge in [0, 0.05) is 16.8 Å². The Kier molecular flexibility index (Phi) is 9.55. The first-order valence-corrected chi connectivity index (χ1v) is 10.1. The third kappa shape index (κ3) is 6.09. The van der Waals surface area contributed by atoms with E-state index >= 15 is 0 Å². The summed E-state index contributed by atoms with van der Waals surface area (Å²) in [5, 5.41) is 9.29. The molecule has 2 aromatic heterocycles. The van der Waals surface area contributed by atoms with Crippen molar-refractivity contribution in [2.75, 3.05) is 0 Å². The fourth-order valence-electron chi connectivity index (χ4n) is 3.08. The van der Waals surface area contributed by atoms with Crippen LogP contribution in [-0.4, -0.2) is 20.2 Å². The second kappa shape index (κ2) is 11.4. The van der Waals surface area contributed by atoms with Crippen molar-refractivity contribution in [2.45, 2.75) is 74.7 Å². The van der Waals surface area contributed by atoms with Crippen molar-refractivity contribution < 1.29 is 0 Å². The van der Waals surface area contributed by atoms with Gasteiger partial charge in [0.2, 0.25) is 0 Å². The van der Waals surface area contributed by atoms with Gasteiger partial charge in [-0.2, -0.15) is 10.2 Å². The lowest BCUT2D eigenvalue weighted by molar-refractivity contribution is 0.895. The maximum absolute atomic E-state index is 4.40. The Morgan fingerprint density at radius 3 is 2.22 bits per heavy atom. The minimum Gasteiger partial charge on any atom is -0.238 e. The molecule has 146 valence electrons. The summed E-state index contributed by atoms with van der Waals surface area (Å²) in [7, 11) is 0. The van der Waals surface area contributed by atoms with Crippen molar-refractivity contribution in [1.29, 1.82) is 0 Å². The molecule has 1 aliphatic rings. The summed E-state index contributed by atoms with van der Waals surface area (Å²) in [5.74, 6) is 0.920. The highest BCUT2D eigenvalue weighted by atomic mass is 15.1. The molecule has 0 unspecified atom stereocenters. The lowest BCUT2D eigenvalue weighted by Gasteiger charge is -2.02. The molecule has 0 saturated carbocycles. The lowest BCUT2D eigenvalue weighted by atomic mass is 10.1. The molecule has 4 nitrogen and oxygen atoms in total. The molecule has 0 aliphatic heterocycles. The minimum atomic E-state index is 0.920. The van der Waals surface area contributed by atoms with E-state index in [9.17, 15) is 0 Å². The predicted molar refractivity (Wildman–Crippen MR) is 115 cm³/mol. The van der Waals surface area contributed by atoms with E-state index in [4.69, 9.17) is 0 Å². The highest BCUT2D eigenvalue weighted by Gasteiger charge is 2.15. The highest BCUT2D eigenvalue weighted by molar-refractivity contribution is 5.81. The molecule has 0 N–H and O–H groups in total.